The lowest BCUT2D eigenvalue weighted by molar-refractivity contribution is 0.0190. The van der Waals surface area contributed by atoms with E-state index in [0.29, 0.717) is 26.3 Å². The van der Waals surface area contributed by atoms with E-state index in [1.54, 1.807) is 6.20 Å². The van der Waals surface area contributed by atoms with Gasteiger partial charge in [-0.3, -0.25) is 5.10 Å². The first-order valence-electron chi connectivity index (χ1n) is 7.45. The lowest BCUT2D eigenvalue weighted by atomic mass is 10.1. The monoisotopic (exact) mass is 300 g/mol. The number of benzene rings is 1. The van der Waals surface area contributed by atoms with E-state index in [1.807, 2.05) is 42.2 Å². The van der Waals surface area contributed by atoms with Gasteiger partial charge >= 0.3 is 6.03 Å². The second-order valence-electron chi connectivity index (χ2n) is 5.44. The molecule has 6 nitrogen and oxygen atoms in total. The van der Waals surface area contributed by atoms with Gasteiger partial charge in [0.15, 0.2) is 0 Å². The fourth-order valence-corrected chi connectivity index (χ4v) is 2.53. The Bertz CT molecular complexity index is 610. The molecular formula is C16H20N4O2. The highest BCUT2D eigenvalue weighted by atomic mass is 16.5. The molecule has 6 heteroatoms. The van der Waals surface area contributed by atoms with Crippen molar-refractivity contribution in [2.24, 2.45) is 0 Å². The van der Waals surface area contributed by atoms with Crippen molar-refractivity contribution in [3.05, 3.63) is 42.1 Å². The predicted molar refractivity (Wildman–Crippen MR) is 83.2 cm³/mol. The van der Waals surface area contributed by atoms with E-state index >= 15 is 0 Å². The van der Waals surface area contributed by atoms with Gasteiger partial charge in [-0.2, -0.15) is 5.10 Å². The summed E-state index contributed by atoms with van der Waals surface area (Å²) in [6, 6.07) is 10.1. The van der Waals surface area contributed by atoms with Gasteiger partial charge in [-0.15, -0.1) is 0 Å². The number of amides is 2. The quantitative estimate of drug-likeness (QED) is 0.911. The van der Waals surface area contributed by atoms with Crippen molar-refractivity contribution in [1.29, 1.82) is 0 Å². The molecule has 22 heavy (non-hydrogen) atoms. The van der Waals surface area contributed by atoms with Crippen molar-refractivity contribution in [3.8, 4) is 11.3 Å². The largest absolute Gasteiger partial charge is 0.377 e. The summed E-state index contributed by atoms with van der Waals surface area (Å²) in [5.74, 6) is 0. The summed E-state index contributed by atoms with van der Waals surface area (Å²) in [7, 11) is 0. The molecule has 2 heterocycles. The Morgan fingerprint density at radius 2 is 2.23 bits per heavy atom. The first-order valence-corrected chi connectivity index (χ1v) is 7.45. The van der Waals surface area contributed by atoms with Crippen LogP contribution in [0.4, 0.5) is 4.79 Å². The highest BCUT2D eigenvalue weighted by Gasteiger charge is 2.23. The number of hydrogen-bond acceptors (Lipinski definition) is 3. The van der Waals surface area contributed by atoms with E-state index in [-0.39, 0.29) is 12.1 Å². The van der Waals surface area contributed by atoms with Crippen LogP contribution in [-0.2, 0) is 11.3 Å². The zero-order valence-electron chi connectivity index (χ0n) is 12.6. The molecule has 1 atom stereocenters. The summed E-state index contributed by atoms with van der Waals surface area (Å²) in [5, 5.41) is 9.84. The molecular weight excluding hydrogens is 280 g/mol. The van der Waals surface area contributed by atoms with Crippen LogP contribution in [0.1, 0.15) is 12.5 Å². The molecule has 0 bridgehead atoms. The third-order valence-electron chi connectivity index (χ3n) is 3.84. The number of rotatable bonds is 3. The second kappa shape index (κ2) is 6.62. The number of carbonyl (C=O) groups is 1. The number of nitrogens with one attached hydrogen (secondary N) is 2. The number of carbonyl (C=O) groups excluding carboxylic acids is 1. The van der Waals surface area contributed by atoms with Crippen molar-refractivity contribution in [2.45, 2.75) is 19.5 Å². The standard InChI is InChI=1S/C16H20N4O2/c1-12-11-22-9-8-20(12)16(21)17-10-13-2-4-14(5-3-13)15-6-7-18-19-15/h2-7,12H,8-11H2,1H3,(H,17,21)(H,18,19)/t12-/m1/s1. The highest BCUT2D eigenvalue weighted by molar-refractivity contribution is 5.74. The van der Waals surface area contributed by atoms with Gasteiger partial charge in [0.1, 0.15) is 0 Å². The maximum Gasteiger partial charge on any atom is 0.318 e. The number of nitrogens with zero attached hydrogens (tertiary/aromatic N) is 2. The fourth-order valence-electron chi connectivity index (χ4n) is 2.53. The van der Waals surface area contributed by atoms with Gasteiger partial charge in [-0.1, -0.05) is 24.3 Å². The van der Waals surface area contributed by atoms with Crippen molar-refractivity contribution in [2.75, 3.05) is 19.8 Å². The molecule has 2 amide bonds. The van der Waals surface area contributed by atoms with Crippen molar-refractivity contribution < 1.29 is 9.53 Å². The topological polar surface area (TPSA) is 70.2 Å². The normalized spacial score (nSPS) is 18.2. The van der Waals surface area contributed by atoms with Crippen LogP contribution in [0.25, 0.3) is 11.3 Å². The number of urea groups is 1. The lowest BCUT2D eigenvalue weighted by Gasteiger charge is -2.33. The van der Waals surface area contributed by atoms with Gasteiger partial charge in [0.25, 0.3) is 0 Å². The fraction of sp³-hybridized carbons (Fsp3) is 0.375. The Morgan fingerprint density at radius 1 is 1.41 bits per heavy atom. The van der Waals surface area contributed by atoms with Crippen LogP contribution in [-0.4, -0.2) is 46.9 Å². The van der Waals surface area contributed by atoms with Crippen LogP contribution < -0.4 is 5.32 Å². The summed E-state index contributed by atoms with van der Waals surface area (Å²) in [5.41, 5.74) is 3.13. The molecule has 3 rings (SSSR count). The summed E-state index contributed by atoms with van der Waals surface area (Å²) < 4.78 is 5.34. The summed E-state index contributed by atoms with van der Waals surface area (Å²) in [6.45, 7) is 4.37. The molecule has 1 aliphatic heterocycles. The molecule has 0 aliphatic carbocycles. The van der Waals surface area contributed by atoms with E-state index in [1.165, 1.54) is 0 Å². The molecule has 0 unspecified atom stereocenters. The maximum atomic E-state index is 12.2. The minimum Gasteiger partial charge on any atom is -0.377 e. The third-order valence-corrected chi connectivity index (χ3v) is 3.84. The summed E-state index contributed by atoms with van der Waals surface area (Å²) in [4.78, 5) is 14.0. The first-order chi connectivity index (χ1) is 10.7. The van der Waals surface area contributed by atoms with E-state index in [9.17, 15) is 4.79 Å². The zero-order chi connectivity index (χ0) is 15.4. The zero-order valence-corrected chi connectivity index (χ0v) is 12.6. The van der Waals surface area contributed by atoms with Gasteiger partial charge in [0.2, 0.25) is 0 Å². The molecule has 0 spiro atoms. The minimum atomic E-state index is -0.0338. The van der Waals surface area contributed by atoms with Crippen LogP contribution in [0.5, 0.6) is 0 Å². The number of morpholine rings is 1. The van der Waals surface area contributed by atoms with Crippen molar-refractivity contribution >= 4 is 6.03 Å². The van der Waals surface area contributed by atoms with E-state index in [4.69, 9.17) is 4.74 Å². The summed E-state index contributed by atoms with van der Waals surface area (Å²) >= 11 is 0. The SMILES string of the molecule is C[C@@H]1COCCN1C(=O)NCc1ccc(-c2ccn[nH]2)cc1. The molecule has 0 saturated carbocycles. The van der Waals surface area contributed by atoms with Crippen LogP contribution in [0.15, 0.2) is 36.5 Å². The van der Waals surface area contributed by atoms with Crippen LogP contribution >= 0.6 is 0 Å². The Hall–Kier alpha value is -2.34. The van der Waals surface area contributed by atoms with E-state index < -0.39 is 0 Å². The van der Waals surface area contributed by atoms with E-state index in [0.717, 1.165) is 16.8 Å². The minimum absolute atomic E-state index is 0.0338. The van der Waals surface area contributed by atoms with Crippen LogP contribution in [0.2, 0.25) is 0 Å². The first kappa shape index (κ1) is 14.6. The lowest BCUT2D eigenvalue weighted by Crippen LogP contribution is -2.51. The number of aromatic nitrogens is 2. The number of ether oxygens (including phenoxy) is 1. The Kier molecular flexibility index (Phi) is 4.39. The number of H-pyrrole nitrogens is 1. The molecule has 1 saturated heterocycles. The summed E-state index contributed by atoms with van der Waals surface area (Å²) in [6.07, 6.45) is 1.73. The molecule has 2 aromatic rings. The van der Waals surface area contributed by atoms with Gasteiger partial charge in [0.05, 0.1) is 24.9 Å². The predicted octanol–water partition coefficient (Wildman–Crippen LogP) is 2.01. The van der Waals surface area contributed by atoms with Crippen molar-refractivity contribution in [3.63, 3.8) is 0 Å². The Morgan fingerprint density at radius 3 is 2.91 bits per heavy atom. The van der Waals surface area contributed by atoms with Gasteiger partial charge in [0, 0.05) is 19.3 Å². The van der Waals surface area contributed by atoms with Crippen LogP contribution in [0.3, 0.4) is 0 Å². The number of hydrogen-bond donors (Lipinski definition) is 2. The molecule has 0 radical (unpaired) electrons. The van der Waals surface area contributed by atoms with E-state index in [2.05, 4.69) is 15.5 Å². The third kappa shape index (κ3) is 3.28. The van der Waals surface area contributed by atoms with Crippen molar-refractivity contribution in [1.82, 2.24) is 20.4 Å². The van der Waals surface area contributed by atoms with Gasteiger partial charge in [-0.25, -0.2) is 4.79 Å². The average molecular weight is 300 g/mol. The molecule has 116 valence electrons. The van der Waals surface area contributed by atoms with Gasteiger partial charge in [-0.05, 0) is 24.1 Å². The average Bonchev–Trinajstić information content (AvgIpc) is 3.08. The number of aromatic amines is 1. The molecule has 1 fully saturated rings. The molecule has 2 N–H and O–H groups in total. The van der Waals surface area contributed by atoms with Crippen LogP contribution in [0, 0.1) is 0 Å². The maximum absolute atomic E-state index is 12.2. The van der Waals surface area contributed by atoms with Gasteiger partial charge < -0.3 is 15.0 Å². The molecule has 1 aromatic carbocycles. The second-order valence-corrected chi connectivity index (χ2v) is 5.44. The molecule has 1 aliphatic rings. The Balaban J connectivity index is 1.56. The molecule has 1 aromatic heterocycles. The smallest absolute Gasteiger partial charge is 0.318 e. The Labute approximate surface area is 129 Å². The highest BCUT2D eigenvalue weighted by Crippen LogP contribution is 2.16.